The summed E-state index contributed by atoms with van der Waals surface area (Å²) in [6.07, 6.45) is 0.806. The Balaban J connectivity index is 1.82. The lowest BCUT2D eigenvalue weighted by atomic mass is 9.83. The number of nitrogens with zero attached hydrogens (tertiary/aromatic N) is 1. The van der Waals surface area contributed by atoms with E-state index in [1.807, 2.05) is 30.3 Å². The molecule has 4 rings (SSSR count). The molecule has 0 fully saturated rings. The van der Waals surface area contributed by atoms with Gasteiger partial charge in [-0.3, -0.25) is 9.78 Å². The number of carbonyl (C=O) groups excluding carboxylic acids is 2. The number of fused-ring (bicyclic) bond motifs is 1. The van der Waals surface area contributed by atoms with Crippen LogP contribution in [0.2, 0.25) is 0 Å². The zero-order valence-electron chi connectivity index (χ0n) is 17.9. The minimum absolute atomic E-state index is 0.143. The Kier molecular flexibility index (Phi) is 6.79. The minimum Gasteiger partial charge on any atom is -0.485 e. The zero-order valence-corrected chi connectivity index (χ0v) is 17.9. The average molecular weight is 455 g/mol. The molecule has 1 aromatic carbocycles. The number of nitrogens with one attached hydrogen (secondary N) is 2. The largest absolute Gasteiger partial charge is 0.485 e. The van der Waals surface area contributed by atoms with Crippen molar-refractivity contribution in [3.8, 4) is 17.0 Å². The molecular weight excluding hydrogens is 432 g/mol. The molecule has 9 heteroatoms. The second-order valence-corrected chi connectivity index (χ2v) is 7.72. The first-order valence-corrected chi connectivity index (χ1v) is 10.4. The van der Waals surface area contributed by atoms with Gasteiger partial charge in [0.15, 0.2) is 5.78 Å². The Morgan fingerprint density at radius 1 is 1.24 bits per heavy atom. The molecule has 0 bridgehead atoms. The molecule has 0 saturated carbocycles. The van der Waals surface area contributed by atoms with Crippen molar-refractivity contribution in [3.05, 3.63) is 60.0 Å². The lowest BCUT2D eigenvalue weighted by Crippen LogP contribution is -2.32. The smallest absolute Gasteiger partial charge is 0.272 e. The molecule has 2 heterocycles. The minimum atomic E-state index is -2.64. The summed E-state index contributed by atoms with van der Waals surface area (Å²) in [6.45, 7) is -0.781. The van der Waals surface area contributed by atoms with E-state index in [0.717, 1.165) is 5.69 Å². The van der Waals surface area contributed by atoms with Crippen LogP contribution < -0.4 is 10.1 Å². The number of alkyl halides is 2. The molecule has 0 amide bonds. The first-order valence-electron chi connectivity index (χ1n) is 10.4. The van der Waals surface area contributed by atoms with E-state index < -0.39 is 19.1 Å². The van der Waals surface area contributed by atoms with Crippen molar-refractivity contribution in [1.29, 1.82) is 0 Å². The van der Waals surface area contributed by atoms with Crippen LogP contribution >= 0.6 is 0 Å². The van der Waals surface area contributed by atoms with Crippen molar-refractivity contribution in [3.63, 3.8) is 0 Å². The molecule has 0 radical (unpaired) electrons. The molecule has 33 heavy (non-hydrogen) atoms. The van der Waals surface area contributed by atoms with Crippen molar-refractivity contribution in [1.82, 2.24) is 9.97 Å². The summed E-state index contributed by atoms with van der Waals surface area (Å²) in [7, 11) is 1.44. The van der Waals surface area contributed by atoms with Gasteiger partial charge in [0.05, 0.1) is 23.1 Å². The number of aromatic amines is 1. The van der Waals surface area contributed by atoms with Gasteiger partial charge in [0.2, 0.25) is 0 Å². The van der Waals surface area contributed by atoms with Crippen LogP contribution in [0.15, 0.2) is 48.8 Å². The highest BCUT2D eigenvalue weighted by atomic mass is 19.3. The van der Waals surface area contributed by atoms with Gasteiger partial charge in [0.25, 0.3) is 6.43 Å². The third-order valence-electron chi connectivity index (χ3n) is 5.60. The summed E-state index contributed by atoms with van der Waals surface area (Å²) in [4.78, 5) is 31.9. The number of ketones is 1. The lowest BCUT2D eigenvalue weighted by molar-refractivity contribution is -0.119. The van der Waals surface area contributed by atoms with E-state index in [9.17, 15) is 18.4 Å². The molecule has 1 aliphatic rings. The number of aromatic nitrogens is 2. The number of pyridine rings is 1. The number of aldehydes is 1. The standard InChI is InChI=1S/C24H23F2N3O4/c1-32-20(12-30)14-9-17-22(18(31)10-14)24(28-15-5-3-2-4-6-15)23(29-17)16-7-8-27-11-19(16)33-13-21(25)26/h2-8,11-12,14,20-21,28-29H,9-10,13H2,1H3. The maximum Gasteiger partial charge on any atom is 0.272 e. The number of ether oxygens (including phenoxy) is 2. The monoisotopic (exact) mass is 455 g/mol. The van der Waals surface area contributed by atoms with E-state index in [0.29, 0.717) is 40.9 Å². The molecule has 2 N–H and O–H groups in total. The van der Waals surface area contributed by atoms with E-state index in [1.54, 1.807) is 6.07 Å². The number of benzene rings is 1. The number of hydrogen-bond acceptors (Lipinski definition) is 6. The SMILES string of the molecule is COC(C=O)C1CC(=O)c2c([nH]c(-c3ccncc3OCC(F)F)c2Nc2ccccc2)C1. The lowest BCUT2D eigenvalue weighted by Gasteiger charge is -2.25. The fraction of sp³-hybridized carbons (Fsp3) is 0.292. The Labute approximate surface area is 189 Å². The summed E-state index contributed by atoms with van der Waals surface area (Å²) < 4.78 is 36.1. The number of halogens is 2. The maximum absolute atomic E-state index is 13.2. The number of Topliss-reactive ketones (excluding diaryl/α,β-unsaturated/α-hetero) is 1. The number of para-hydroxylation sites is 1. The quantitative estimate of drug-likeness (QED) is 0.464. The van der Waals surface area contributed by atoms with Crippen LogP contribution in [-0.2, 0) is 16.0 Å². The molecule has 7 nitrogen and oxygen atoms in total. The van der Waals surface area contributed by atoms with Crippen LogP contribution in [0.5, 0.6) is 5.75 Å². The van der Waals surface area contributed by atoms with Gasteiger partial charge in [-0.2, -0.15) is 0 Å². The van der Waals surface area contributed by atoms with Crippen molar-refractivity contribution in [2.75, 3.05) is 19.0 Å². The fourth-order valence-corrected chi connectivity index (χ4v) is 4.13. The summed E-state index contributed by atoms with van der Waals surface area (Å²) in [5, 5.41) is 3.30. The molecular formula is C24H23F2N3O4. The normalized spacial score (nSPS) is 16.4. The number of hydrogen-bond donors (Lipinski definition) is 2. The van der Waals surface area contributed by atoms with Gasteiger partial charge >= 0.3 is 0 Å². The highest BCUT2D eigenvalue weighted by Gasteiger charge is 2.35. The molecule has 172 valence electrons. The second kappa shape index (κ2) is 9.91. The summed E-state index contributed by atoms with van der Waals surface area (Å²) in [5.41, 5.74) is 3.40. The third kappa shape index (κ3) is 4.78. The predicted octanol–water partition coefficient (Wildman–Crippen LogP) is 4.42. The molecule has 0 spiro atoms. The molecule has 2 aromatic heterocycles. The Morgan fingerprint density at radius 2 is 2.03 bits per heavy atom. The van der Waals surface area contributed by atoms with Crippen LogP contribution in [0, 0.1) is 5.92 Å². The maximum atomic E-state index is 13.2. The van der Waals surface area contributed by atoms with E-state index in [4.69, 9.17) is 9.47 Å². The molecule has 2 unspecified atom stereocenters. The van der Waals surface area contributed by atoms with Crippen molar-refractivity contribution < 1.29 is 27.8 Å². The fourth-order valence-electron chi connectivity index (χ4n) is 4.13. The van der Waals surface area contributed by atoms with Crippen LogP contribution in [0.3, 0.4) is 0 Å². The van der Waals surface area contributed by atoms with Gasteiger partial charge in [-0.1, -0.05) is 18.2 Å². The van der Waals surface area contributed by atoms with Gasteiger partial charge in [-0.15, -0.1) is 0 Å². The van der Waals surface area contributed by atoms with E-state index in [1.165, 1.54) is 19.5 Å². The molecule has 3 aromatic rings. The van der Waals surface area contributed by atoms with Crippen molar-refractivity contribution in [2.45, 2.75) is 25.4 Å². The zero-order chi connectivity index (χ0) is 23.4. The van der Waals surface area contributed by atoms with Gasteiger partial charge < -0.3 is 24.6 Å². The number of carbonyl (C=O) groups is 2. The van der Waals surface area contributed by atoms with Crippen LogP contribution in [0.25, 0.3) is 11.3 Å². The Morgan fingerprint density at radius 3 is 2.73 bits per heavy atom. The third-order valence-corrected chi connectivity index (χ3v) is 5.60. The van der Waals surface area contributed by atoms with Gasteiger partial charge in [-0.25, -0.2) is 8.78 Å². The first kappa shape index (κ1) is 22.6. The highest BCUT2D eigenvalue weighted by Crippen LogP contribution is 2.43. The summed E-state index contributed by atoms with van der Waals surface area (Å²) in [6, 6.07) is 10.9. The van der Waals surface area contributed by atoms with Crippen LogP contribution in [0.1, 0.15) is 22.5 Å². The number of H-pyrrole nitrogens is 1. The molecule has 0 aliphatic heterocycles. The van der Waals surface area contributed by atoms with Crippen LogP contribution in [-0.4, -0.2) is 48.3 Å². The number of anilines is 2. The molecule has 2 atom stereocenters. The molecule has 0 saturated heterocycles. The van der Waals surface area contributed by atoms with Crippen molar-refractivity contribution >= 4 is 23.4 Å². The van der Waals surface area contributed by atoms with Crippen LogP contribution in [0.4, 0.5) is 20.2 Å². The topological polar surface area (TPSA) is 93.3 Å². The number of methoxy groups -OCH3 is 1. The van der Waals surface area contributed by atoms with Gasteiger partial charge in [0, 0.05) is 42.6 Å². The Bertz CT molecular complexity index is 1130. The summed E-state index contributed by atoms with van der Waals surface area (Å²) >= 11 is 0. The predicted molar refractivity (Wildman–Crippen MR) is 118 cm³/mol. The molecule has 1 aliphatic carbocycles. The highest BCUT2D eigenvalue weighted by molar-refractivity contribution is 6.08. The first-order chi connectivity index (χ1) is 16.0. The van der Waals surface area contributed by atoms with E-state index >= 15 is 0 Å². The average Bonchev–Trinajstić information content (AvgIpc) is 3.18. The van der Waals surface area contributed by atoms with Crippen molar-refractivity contribution in [2.24, 2.45) is 5.92 Å². The number of rotatable bonds is 9. The Hall–Kier alpha value is -3.59. The second-order valence-electron chi connectivity index (χ2n) is 7.72. The van der Waals surface area contributed by atoms with Gasteiger partial charge in [0.1, 0.15) is 24.7 Å². The van der Waals surface area contributed by atoms with E-state index in [-0.39, 0.29) is 23.9 Å². The van der Waals surface area contributed by atoms with Gasteiger partial charge in [-0.05, 0) is 24.6 Å². The van der Waals surface area contributed by atoms with E-state index in [2.05, 4.69) is 15.3 Å². The summed E-state index contributed by atoms with van der Waals surface area (Å²) in [5.74, 6) is -0.287.